The van der Waals surface area contributed by atoms with Crippen LogP contribution in [0.3, 0.4) is 0 Å². The number of nitrogens with two attached hydrogens (primary N) is 2. The fourth-order valence-electron chi connectivity index (χ4n) is 1.70. The molecule has 0 aromatic rings. The molecule has 0 aromatic carbocycles. The first-order chi connectivity index (χ1) is 6.04. The molecule has 0 aromatic heterocycles. The number of amides is 2. The second-order valence-electron chi connectivity index (χ2n) is 3.28. The highest BCUT2D eigenvalue weighted by molar-refractivity contribution is 5.98. The third-order valence-corrected chi connectivity index (χ3v) is 2.31. The molecule has 1 heterocycles. The molecule has 0 bridgehead atoms. The molecular formula is C8H14N3O2. The van der Waals surface area contributed by atoms with Crippen molar-refractivity contribution in [2.45, 2.75) is 18.9 Å². The lowest BCUT2D eigenvalue weighted by molar-refractivity contribution is -0.127. The molecule has 1 rings (SSSR count). The van der Waals surface area contributed by atoms with Crippen LogP contribution in [0.2, 0.25) is 0 Å². The summed E-state index contributed by atoms with van der Waals surface area (Å²) in [5.41, 5.74) is 10.3. The number of carbonyl (C=O) groups excluding carboxylic acids is 2. The van der Waals surface area contributed by atoms with E-state index in [0.717, 1.165) is 13.0 Å². The lowest BCUT2D eigenvalue weighted by atomic mass is 9.88. The van der Waals surface area contributed by atoms with Crippen molar-refractivity contribution >= 4 is 11.8 Å². The Hall–Kier alpha value is -1.10. The Balaban J connectivity index is 2.80. The predicted octanol–water partition coefficient (Wildman–Crippen LogP) is -1.37. The maximum atomic E-state index is 11.0. The number of likely N-dealkylation sites (N-methyl/N-ethyl adjacent to an activating group) is 1. The SMILES string of the molecule is CN1CCC[C](C(N)=O)C1C(N)=O. The van der Waals surface area contributed by atoms with Gasteiger partial charge in [-0.25, -0.2) is 0 Å². The van der Waals surface area contributed by atoms with Crippen LogP contribution in [0.1, 0.15) is 12.8 Å². The van der Waals surface area contributed by atoms with Crippen molar-refractivity contribution in [2.24, 2.45) is 11.5 Å². The zero-order chi connectivity index (χ0) is 10.0. The average molecular weight is 184 g/mol. The van der Waals surface area contributed by atoms with Crippen molar-refractivity contribution in [3.63, 3.8) is 0 Å². The van der Waals surface area contributed by atoms with Crippen LogP contribution in [-0.4, -0.2) is 36.3 Å². The predicted molar refractivity (Wildman–Crippen MR) is 47.3 cm³/mol. The molecule has 0 spiro atoms. The summed E-state index contributed by atoms with van der Waals surface area (Å²) in [5.74, 6) is -0.590. The van der Waals surface area contributed by atoms with Crippen LogP contribution in [0.4, 0.5) is 0 Å². The van der Waals surface area contributed by atoms with E-state index in [4.69, 9.17) is 11.5 Å². The maximum Gasteiger partial charge on any atom is 0.235 e. The Morgan fingerprint density at radius 2 is 2.08 bits per heavy atom. The van der Waals surface area contributed by atoms with Gasteiger partial charge in [-0.3, -0.25) is 14.5 Å². The Bertz CT molecular complexity index is 229. The molecule has 0 saturated carbocycles. The Labute approximate surface area is 77.1 Å². The molecule has 73 valence electrons. The third-order valence-electron chi connectivity index (χ3n) is 2.31. The summed E-state index contributed by atoms with van der Waals surface area (Å²) >= 11 is 0. The first kappa shape index (κ1) is 9.98. The summed E-state index contributed by atoms with van der Waals surface area (Å²) in [4.78, 5) is 23.8. The van der Waals surface area contributed by atoms with E-state index in [1.807, 2.05) is 0 Å². The standard InChI is InChI=1S/C8H14N3O2/c1-11-4-2-3-5(7(9)12)6(11)8(10)13/h6H,2-4H2,1H3,(H2,9,12)(H2,10,13). The molecule has 4 N–H and O–H groups in total. The molecule has 1 saturated heterocycles. The molecule has 5 nitrogen and oxygen atoms in total. The Morgan fingerprint density at radius 3 is 2.46 bits per heavy atom. The lowest BCUT2D eigenvalue weighted by Crippen LogP contribution is -2.53. The lowest BCUT2D eigenvalue weighted by Gasteiger charge is -2.34. The van der Waals surface area contributed by atoms with E-state index >= 15 is 0 Å². The number of piperidine rings is 1. The van der Waals surface area contributed by atoms with Gasteiger partial charge in [0.15, 0.2) is 0 Å². The monoisotopic (exact) mass is 184 g/mol. The van der Waals surface area contributed by atoms with Crippen LogP contribution in [0.15, 0.2) is 0 Å². The van der Waals surface area contributed by atoms with E-state index in [2.05, 4.69) is 0 Å². The van der Waals surface area contributed by atoms with Gasteiger partial charge in [0.05, 0.1) is 5.92 Å². The molecule has 1 aliphatic heterocycles. The smallest absolute Gasteiger partial charge is 0.235 e. The molecule has 5 heteroatoms. The summed E-state index contributed by atoms with van der Waals surface area (Å²) in [7, 11) is 1.76. The molecule has 1 radical (unpaired) electrons. The largest absolute Gasteiger partial charge is 0.369 e. The first-order valence-electron chi connectivity index (χ1n) is 4.19. The normalized spacial score (nSPS) is 25.8. The van der Waals surface area contributed by atoms with Crippen molar-refractivity contribution < 1.29 is 9.59 Å². The molecule has 1 atom stereocenters. The highest BCUT2D eigenvalue weighted by atomic mass is 16.2. The molecule has 0 aliphatic carbocycles. The molecule has 1 unspecified atom stereocenters. The zero-order valence-electron chi connectivity index (χ0n) is 7.62. The highest BCUT2D eigenvalue weighted by Crippen LogP contribution is 2.23. The van der Waals surface area contributed by atoms with Crippen LogP contribution in [0, 0.1) is 5.92 Å². The second kappa shape index (κ2) is 3.74. The molecule has 1 fully saturated rings. The van der Waals surface area contributed by atoms with Crippen LogP contribution in [-0.2, 0) is 9.59 Å². The molecular weight excluding hydrogens is 170 g/mol. The van der Waals surface area contributed by atoms with E-state index in [-0.39, 0.29) is 0 Å². The van der Waals surface area contributed by atoms with Crippen LogP contribution in [0.25, 0.3) is 0 Å². The van der Waals surface area contributed by atoms with Gasteiger partial charge in [-0.15, -0.1) is 0 Å². The summed E-state index contributed by atoms with van der Waals surface area (Å²) in [6.45, 7) is 0.768. The van der Waals surface area contributed by atoms with Gasteiger partial charge in [0.25, 0.3) is 0 Å². The molecule has 2 amide bonds. The van der Waals surface area contributed by atoms with Crippen molar-refractivity contribution in [1.82, 2.24) is 4.90 Å². The molecule has 1 aliphatic rings. The second-order valence-corrected chi connectivity index (χ2v) is 3.28. The summed E-state index contributed by atoms with van der Waals surface area (Å²) in [5, 5.41) is 0. The Morgan fingerprint density at radius 1 is 1.46 bits per heavy atom. The van der Waals surface area contributed by atoms with Crippen LogP contribution < -0.4 is 11.5 Å². The number of likely N-dealkylation sites (tertiary alicyclic amines) is 1. The van der Waals surface area contributed by atoms with Crippen LogP contribution >= 0.6 is 0 Å². The minimum atomic E-state index is -0.605. The zero-order valence-corrected chi connectivity index (χ0v) is 7.62. The molecule has 13 heavy (non-hydrogen) atoms. The number of primary amides is 2. The fraction of sp³-hybridized carbons (Fsp3) is 0.625. The quantitative estimate of drug-likeness (QED) is 0.554. The van der Waals surface area contributed by atoms with Crippen molar-refractivity contribution in [2.75, 3.05) is 13.6 Å². The van der Waals surface area contributed by atoms with Crippen molar-refractivity contribution in [3.8, 4) is 0 Å². The van der Waals surface area contributed by atoms with Gasteiger partial charge < -0.3 is 11.5 Å². The van der Waals surface area contributed by atoms with E-state index < -0.39 is 17.9 Å². The van der Waals surface area contributed by atoms with E-state index in [9.17, 15) is 9.59 Å². The number of hydrogen-bond acceptors (Lipinski definition) is 3. The maximum absolute atomic E-state index is 11.0. The van der Waals surface area contributed by atoms with Gasteiger partial charge in [0, 0.05) is 0 Å². The number of rotatable bonds is 2. The van der Waals surface area contributed by atoms with Crippen LogP contribution in [0.5, 0.6) is 0 Å². The van der Waals surface area contributed by atoms with E-state index in [1.54, 1.807) is 11.9 Å². The van der Waals surface area contributed by atoms with Crippen molar-refractivity contribution in [3.05, 3.63) is 5.92 Å². The summed E-state index contributed by atoms with van der Waals surface area (Å²) in [6.07, 6.45) is 1.42. The van der Waals surface area contributed by atoms with Crippen molar-refractivity contribution in [1.29, 1.82) is 0 Å². The van der Waals surface area contributed by atoms with Gasteiger partial charge >= 0.3 is 0 Å². The van der Waals surface area contributed by atoms with Gasteiger partial charge in [-0.1, -0.05) is 0 Å². The Kier molecular flexibility index (Phi) is 2.87. The van der Waals surface area contributed by atoms with E-state index in [0.29, 0.717) is 12.3 Å². The van der Waals surface area contributed by atoms with Gasteiger partial charge in [0.1, 0.15) is 6.04 Å². The van der Waals surface area contributed by atoms with Gasteiger partial charge in [0.2, 0.25) is 11.8 Å². The minimum absolute atomic E-state index is 0.432. The number of carbonyl (C=O) groups is 2. The third kappa shape index (κ3) is 1.98. The topological polar surface area (TPSA) is 89.4 Å². The van der Waals surface area contributed by atoms with Gasteiger partial charge in [-0.05, 0) is 26.4 Å². The average Bonchev–Trinajstić information content (AvgIpc) is 2.02. The van der Waals surface area contributed by atoms with E-state index in [1.165, 1.54) is 0 Å². The fourth-order valence-corrected chi connectivity index (χ4v) is 1.70. The highest BCUT2D eigenvalue weighted by Gasteiger charge is 2.37. The summed E-state index contributed by atoms with van der Waals surface area (Å²) < 4.78 is 0. The summed E-state index contributed by atoms with van der Waals surface area (Å²) in [6, 6.07) is -0.605. The number of hydrogen-bond donors (Lipinski definition) is 2. The minimum Gasteiger partial charge on any atom is -0.369 e. The van der Waals surface area contributed by atoms with Gasteiger partial charge in [-0.2, -0.15) is 0 Å². The number of nitrogens with zero attached hydrogens (tertiary/aromatic N) is 1. The first-order valence-corrected chi connectivity index (χ1v) is 4.19.